The summed E-state index contributed by atoms with van der Waals surface area (Å²) >= 11 is 13.8. The maximum Gasteiger partial charge on any atom is 0.264 e. The molecule has 0 aliphatic carbocycles. The highest BCUT2D eigenvalue weighted by molar-refractivity contribution is 7.12. The fraction of sp³-hybridized carbons (Fsp3) is 0.182. The molecule has 1 fully saturated rings. The van der Waals surface area contributed by atoms with Gasteiger partial charge in [0.25, 0.3) is 11.8 Å². The number of halogens is 2. The van der Waals surface area contributed by atoms with Crippen LogP contribution < -0.4 is 10.2 Å². The minimum atomic E-state index is -0.226. The second-order valence-corrected chi connectivity index (χ2v) is 8.68. The Labute approximate surface area is 188 Å². The summed E-state index contributed by atoms with van der Waals surface area (Å²) in [4.78, 5) is 29.7. The SMILES string of the molecule is O=C(Nc1ccc(N2CCN(C(=O)c3cccs3)CC2)c(Cl)c1)c1ccc(Cl)cc1. The van der Waals surface area contributed by atoms with Gasteiger partial charge in [-0.2, -0.15) is 0 Å². The Bertz CT molecular complexity index is 1050. The van der Waals surface area contributed by atoms with E-state index in [0.29, 0.717) is 47.5 Å². The fourth-order valence-electron chi connectivity index (χ4n) is 3.35. The highest BCUT2D eigenvalue weighted by Gasteiger charge is 2.24. The largest absolute Gasteiger partial charge is 0.367 e. The molecular formula is C22H19Cl2N3O2S. The van der Waals surface area contributed by atoms with Crippen LogP contribution >= 0.6 is 34.5 Å². The lowest BCUT2D eigenvalue weighted by Gasteiger charge is -2.36. The molecule has 0 bridgehead atoms. The number of carbonyl (C=O) groups excluding carboxylic acids is 2. The highest BCUT2D eigenvalue weighted by atomic mass is 35.5. The van der Waals surface area contributed by atoms with Crippen molar-refractivity contribution in [2.45, 2.75) is 0 Å². The molecule has 2 aromatic carbocycles. The van der Waals surface area contributed by atoms with Gasteiger partial charge in [0.05, 0.1) is 15.6 Å². The number of thiophene rings is 1. The first-order valence-electron chi connectivity index (χ1n) is 9.45. The van der Waals surface area contributed by atoms with Crippen molar-refractivity contribution in [2.75, 3.05) is 36.4 Å². The van der Waals surface area contributed by atoms with E-state index in [4.69, 9.17) is 23.2 Å². The number of amides is 2. The van der Waals surface area contributed by atoms with E-state index in [1.807, 2.05) is 34.5 Å². The van der Waals surface area contributed by atoms with Crippen molar-refractivity contribution in [3.63, 3.8) is 0 Å². The Balaban J connectivity index is 1.38. The van der Waals surface area contributed by atoms with Gasteiger partial charge in [0.1, 0.15) is 0 Å². The van der Waals surface area contributed by atoms with Crippen molar-refractivity contribution in [1.82, 2.24) is 4.90 Å². The molecule has 154 valence electrons. The predicted molar refractivity (Wildman–Crippen MR) is 123 cm³/mol. The molecule has 30 heavy (non-hydrogen) atoms. The fourth-order valence-corrected chi connectivity index (χ4v) is 4.47. The first-order chi connectivity index (χ1) is 14.5. The minimum Gasteiger partial charge on any atom is -0.367 e. The minimum absolute atomic E-state index is 0.0796. The van der Waals surface area contributed by atoms with Crippen LogP contribution in [0.25, 0.3) is 0 Å². The molecule has 2 amide bonds. The van der Waals surface area contributed by atoms with E-state index in [1.165, 1.54) is 11.3 Å². The van der Waals surface area contributed by atoms with Gasteiger partial charge in [-0.3, -0.25) is 9.59 Å². The predicted octanol–water partition coefficient (Wildman–Crippen LogP) is 5.27. The van der Waals surface area contributed by atoms with E-state index in [9.17, 15) is 9.59 Å². The van der Waals surface area contributed by atoms with Crippen LogP contribution in [0, 0.1) is 0 Å². The van der Waals surface area contributed by atoms with Crippen LogP contribution in [0.4, 0.5) is 11.4 Å². The summed E-state index contributed by atoms with van der Waals surface area (Å²) in [5.74, 6) is -0.146. The van der Waals surface area contributed by atoms with Crippen molar-refractivity contribution < 1.29 is 9.59 Å². The smallest absolute Gasteiger partial charge is 0.264 e. The van der Waals surface area contributed by atoms with Crippen molar-refractivity contribution in [3.05, 3.63) is 80.5 Å². The van der Waals surface area contributed by atoms with E-state index < -0.39 is 0 Å². The molecule has 3 aromatic rings. The normalized spacial score (nSPS) is 13.9. The standard InChI is InChI=1S/C22H19Cl2N3O2S/c23-16-5-3-15(4-6-16)21(28)25-17-7-8-19(18(24)14-17)26-9-11-27(12-10-26)22(29)20-2-1-13-30-20/h1-8,13-14H,9-12H2,(H,25,28). The Morgan fingerprint density at radius 3 is 2.30 bits per heavy atom. The number of hydrogen-bond acceptors (Lipinski definition) is 4. The second kappa shape index (κ2) is 9.08. The van der Waals surface area contributed by atoms with Gasteiger partial charge in [-0.15, -0.1) is 11.3 Å². The van der Waals surface area contributed by atoms with Crippen molar-refractivity contribution in [2.24, 2.45) is 0 Å². The zero-order valence-corrected chi connectivity index (χ0v) is 18.3. The highest BCUT2D eigenvalue weighted by Crippen LogP contribution is 2.30. The summed E-state index contributed by atoms with van der Waals surface area (Å²) in [5.41, 5.74) is 2.03. The van der Waals surface area contributed by atoms with Gasteiger partial charge in [-0.25, -0.2) is 0 Å². The number of hydrogen-bond donors (Lipinski definition) is 1. The number of benzene rings is 2. The monoisotopic (exact) mass is 459 g/mol. The second-order valence-electron chi connectivity index (χ2n) is 6.88. The Morgan fingerprint density at radius 2 is 1.67 bits per heavy atom. The molecule has 1 saturated heterocycles. The number of anilines is 2. The molecule has 1 aromatic heterocycles. The van der Waals surface area contributed by atoms with Crippen LogP contribution in [0.15, 0.2) is 60.0 Å². The van der Waals surface area contributed by atoms with E-state index in [1.54, 1.807) is 30.3 Å². The number of rotatable bonds is 4. The molecule has 0 unspecified atom stereocenters. The molecule has 0 saturated carbocycles. The maximum atomic E-state index is 12.5. The lowest BCUT2D eigenvalue weighted by Crippen LogP contribution is -2.48. The molecule has 1 N–H and O–H groups in total. The van der Waals surface area contributed by atoms with Gasteiger partial charge in [-0.05, 0) is 53.9 Å². The molecule has 2 heterocycles. The van der Waals surface area contributed by atoms with Gasteiger partial charge >= 0.3 is 0 Å². The van der Waals surface area contributed by atoms with Gasteiger partial charge in [0.2, 0.25) is 0 Å². The van der Waals surface area contributed by atoms with E-state index >= 15 is 0 Å². The number of piperazine rings is 1. The lowest BCUT2D eigenvalue weighted by atomic mass is 10.2. The molecular weight excluding hydrogens is 441 g/mol. The summed E-state index contributed by atoms with van der Waals surface area (Å²) in [7, 11) is 0. The Hall–Kier alpha value is -2.54. The topological polar surface area (TPSA) is 52.7 Å². The van der Waals surface area contributed by atoms with Crippen LogP contribution in [0.5, 0.6) is 0 Å². The first kappa shape index (κ1) is 20.7. The number of nitrogens with one attached hydrogen (secondary N) is 1. The van der Waals surface area contributed by atoms with Crippen molar-refractivity contribution in [3.8, 4) is 0 Å². The zero-order valence-electron chi connectivity index (χ0n) is 16.0. The van der Waals surface area contributed by atoms with Crippen LogP contribution in [0.2, 0.25) is 10.0 Å². The van der Waals surface area contributed by atoms with Crippen molar-refractivity contribution >= 4 is 57.7 Å². The molecule has 0 radical (unpaired) electrons. The summed E-state index contributed by atoms with van der Waals surface area (Å²) < 4.78 is 0. The molecule has 8 heteroatoms. The first-order valence-corrected chi connectivity index (χ1v) is 11.1. The van der Waals surface area contributed by atoms with Gasteiger partial charge in [-0.1, -0.05) is 29.3 Å². The number of nitrogens with zero attached hydrogens (tertiary/aromatic N) is 2. The summed E-state index contributed by atoms with van der Waals surface area (Å²) in [6, 6.07) is 15.9. The van der Waals surface area contributed by atoms with Crippen LogP contribution in [-0.4, -0.2) is 42.9 Å². The van der Waals surface area contributed by atoms with E-state index in [-0.39, 0.29) is 11.8 Å². The average molecular weight is 460 g/mol. The maximum absolute atomic E-state index is 12.5. The number of carbonyl (C=O) groups is 2. The quantitative estimate of drug-likeness (QED) is 0.577. The average Bonchev–Trinajstić information content (AvgIpc) is 3.29. The molecule has 0 spiro atoms. The van der Waals surface area contributed by atoms with E-state index in [0.717, 1.165) is 10.6 Å². The van der Waals surface area contributed by atoms with Gasteiger partial charge < -0.3 is 15.1 Å². The zero-order chi connectivity index (χ0) is 21.1. The third-order valence-electron chi connectivity index (χ3n) is 4.95. The van der Waals surface area contributed by atoms with Crippen LogP contribution in [0.3, 0.4) is 0 Å². The van der Waals surface area contributed by atoms with Crippen LogP contribution in [0.1, 0.15) is 20.0 Å². The van der Waals surface area contributed by atoms with E-state index in [2.05, 4.69) is 10.2 Å². The Morgan fingerprint density at radius 1 is 0.933 bits per heavy atom. The van der Waals surface area contributed by atoms with Crippen molar-refractivity contribution in [1.29, 1.82) is 0 Å². The van der Waals surface area contributed by atoms with Gasteiger partial charge in [0, 0.05) is 42.5 Å². The van der Waals surface area contributed by atoms with Gasteiger partial charge in [0.15, 0.2) is 0 Å². The third-order valence-corrected chi connectivity index (χ3v) is 6.36. The molecule has 0 atom stereocenters. The summed E-state index contributed by atoms with van der Waals surface area (Å²) in [6.45, 7) is 2.69. The van der Waals surface area contributed by atoms with Crippen LogP contribution in [-0.2, 0) is 0 Å². The molecule has 1 aliphatic rings. The molecule has 5 nitrogen and oxygen atoms in total. The lowest BCUT2D eigenvalue weighted by molar-refractivity contribution is 0.0751. The molecule has 1 aliphatic heterocycles. The summed E-state index contributed by atoms with van der Waals surface area (Å²) in [6.07, 6.45) is 0. The summed E-state index contributed by atoms with van der Waals surface area (Å²) in [5, 5.41) is 5.90. The third kappa shape index (κ3) is 4.61. The Kier molecular flexibility index (Phi) is 6.27. The molecule has 4 rings (SSSR count).